The Morgan fingerprint density at radius 3 is 2.38 bits per heavy atom. The Morgan fingerprint density at radius 2 is 1.68 bits per heavy atom. The van der Waals surface area contributed by atoms with Gasteiger partial charge in [-0.1, -0.05) is 48.0 Å². The van der Waals surface area contributed by atoms with Crippen molar-refractivity contribution in [2.45, 2.75) is 63.0 Å². The van der Waals surface area contributed by atoms with Gasteiger partial charge in [-0.05, 0) is 60.9 Å². The Hall–Kier alpha value is -2.99. The summed E-state index contributed by atoms with van der Waals surface area (Å²) >= 11 is 6.11. The van der Waals surface area contributed by atoms with Gasteiger partial charge in [0.15, 0.2) is 6.04 Å². The van der Waals surface area contributed by atoms with E-state index in [4.69, 9.17) is 17.3 Å². The van der Waals surface area contributed by atoms with E-state index in [1.165, 1.54) is 9.80 Å². The standard InChI is InChI=1S/C28H36ClN5O5S/c29-23-12-11-21(17-30)22(16-23)18-31-26(35)24-10-7-15-34(24)28(37)25(27(36)33-13-5-2-6-14-33)32-40(38,39)19-20-8-3-1-4-9-20/h1,3-4,8-9,11-12,16,24-25,32H,2,5-7,10,13-15,17-19,30H2,(H,31,35)/t24-,25?/m0/s1. The number of sulfonamides is 1. The third-order valence-corrected chi connectivity index (χ3v) is 8.88. The van der Waals surface area contributed by atoms with Crippen LogP contribution in [0.15, 0.2) is 48.5 Å². The second-order valence-corrected chi connectivity index (χ2v) is 12.4. The molecule has 2 fully saturated rings. The Balaban J connectivity index is 1.51. The molecule has 4 rings (SSSR count). The molecule has 2 aliphatic heterocycles. The second kappa shape index (κ2) is 13.6. The summed E-state index contributed by atoms with van der Waals surface area (Å²) in [6.07, 6.45) is 3.49. The molecule has 10 nitrogen and oxygen atoms in total. The fourth-order valence-corrected chi connectivity index (χ4v) is 6.72. The molecule has 0 spiro atoms. The summed E-state index contributed by atoms with van der Waals surface area (Å²) in [4.78, 5) is 43.5. The highest BCUT2D eigenvalue weighted by Crippen LogP contribution is 2.22. The minimum atomic E-state index is -4.06. The van der Waals surface area contributed by atoms with Crippen molar-refractivity contribution in [3.05, 3.63) is 70.2 Å². The number of halogens is 1. The van der Waals surface area contributed by atoms with Gasteiger partial charge in [-0.15, -0.1) is 0 Å². The van der Waals surface area contributed by atoms with E-state index < -0.39 is 33.9 Å². The number of nitrogens with two attached hydrogens (primary N) is 1. The minimum absolute atomic E-state index is 0.171. The number of hydrogen-bond donors (Lipinski definition) is 3. The van der Waals surface area contributed by atoms with Gasteiger partial charge in [-0.3, -0.25) is 14.4 Å². The number of benzene rings is 2. The van der Waals surface area contributed by atoms with Crippen LogP contribution < -0.4 is 15.8 Å². The van der Waals surface area contributed by atoms with Gasteiger partial charge >= 0.3 is 0 Å². The molecule has 0 aromatic heterocycles. The van der Waals surface area contributed by atoms with E-state index in [0.29, 0.717) is 36.5 Å². The van der Waals surface area contributed by atoms with Crippen LogP contribution in [0.5, 0.6) is 0 Å². The number of rotatable bonds is 10. The molecule has 0 aliphatic carbocycles. The molecular formula is C28H36ClN5O5S. The van der Waals surface area contributed by atoms with Gasteiger partial charge in [0.1, 0.15) is 6.04 Å². The zero-order chi connectivity index (χ0) is 28.7. The smallest absolute Gasteiger partial charge is 0.251 e. The van der Waals surface area contributed by atoms with Crippen molar-refractivity contribution in [2.75, 3.05) is 19.6 Å². The molecule has 0 bridgehead atoms. The van der Waals surface area contributed by atoms with Gasteiger partial charge in [0.2, 0.25) is 21.8 Å². The molecule has 2 atom stereocenters. The first-order valence-electron chi connectivity index (χ1n) is 13.6. The largest absolute Gasteiger partial charge is 0.350 e. The van der Waals surface area contributed by atoms with Crippen molar-refractivity contribution in [3.63, 3.8) is 0 Å². The van der Waals surface area contributed by atoms with Crippen LogP contribution in [-0.4, -0.2) is 67.7 Å². The monoisotopic (exact) mass is 589 g/mol. The van der Waals surface area contributed by atoms with Crippen molar-refractivity contribution >= 4 is 39.3 Å². The fourth-order valence-electron chi connectivity index (χ4n) is 5.25. The van der Waals surface area contributed by atoms with E-state index in [9.17, 15) is 22.8 Å². The number of hydrogen-bond acceptors (Lipinski definition) is 6. The molecule has 216 valence electrons. The van der Waals surface area contributed by atoms with Crippen LogP contribution in [0.2, 0.25) is 5.02 Å². The molecule has 3 amide bonds. The maximum atomic E-state index is 13.8. The SMILES string of the molecule is NCc1ccc(Cl)cc1CNC(=O)[C@@H]1CCCN1C(=O)C(NS(=O)(=O)Cc1ccccc1)C(=O)N1CCCCC1. The molecule has 4 N–H and O–H groups in total. The quantitative estimate of drug-likeness (QED) is 0.361. The van der Waals surface area contributed by atoms with E-state index in [-0.39, 0.29) is 31.3 Å². The molecule has 12 heteroatoms. The molecule has 40 heavy (non-hydrogen) atoms. The number of nitrogens with one attached hydrogen (secondary N) is 2. The van der Waals surface area contributed by atoms with Gasteiger partial charge in [0.05, 0.1) is 5.75 Å². The summed E-state index contributed by atoms with van der Waals surface area (Å²) in [7, 11) is -4.06. The lowest BCUT2D eigenvalue weighted by atomic mass is 10.1. The lowest BCUT2D eigenvalue weighted by molar-refractivity contribution is -0.147. The summed E-state index contributed by atoms with van der Waals surface area (Å²) < 4.78 is 28.6. The van der Waals surface area contributed by atoms with Gasteiger partial charge in [0, 0.05) is 37.7 Å². The highest BCUT2D eigenvalue weighted by molar-refractivity contribution is 7.88. The average molecular weight is 590 g/mol. The van der Waals surface area contributed by atoms with Gasteiger partial charge in [-0.2, -0.15) is 4.72 Å². The summed E-state index contributed by atoms with van der Waals surface area (Å²) in [5.41, 5.74) is 7.95. The van der Waals surface area contributed by atoms with Gasteiger partial charge in [-0.25, -0.2) is 8.42 Å². The average Bonchev–Trinajstić information content (AvgIpc) is 3.45. The van der Waals surface area contributed by atoms with Crippen molar-refractivity contribution in [3.8, 4) is 0 Å². The molecule has 0 radical (unpaired) electrons. The molecule has 1 unspecified atom stereocenters. The van der Waals surface area contributed by atoms with Crippen LogP contribution >= 0.6 is 11.6 Å². The zero-order valence-electron chi connectivity index (χ0n) is 22.4. The lowest BCUT2D eigenvalue weighted by Crippen LogP contribution is -2.59. The Kier molecular flexibility index (Phi) is 10.2. The van der Waals surface area contributed by atoms with Crippen molar-refractivity contribution < 1.29 is 22.8 Å². The minimum Gasteiger partial charge on any atom is -0.350 e. The Morgan fingerprint density at radius 1 is 0.950 bits per heavy atom. The summed E-state index contributed by atoms with van der Waals surface area (Å²) in [5, 5.41) is 3.37. The van der Waals surface area contributed by atoms with Crippen molar-refractivity contribution in [2.24, 2.45) is 5.73 Å². The molecule has 0 saturated carbocycles. The number of carbonyl (C=O) groups is 3. The van der Waals surface area contributed by atoms with Crippen LogP contribution in [0.4, 0.5) is 0 Å². The maximum absolute atomic E-state index is 13.8. The van der Waals surface area contributed by atoms with Crippen LogP contribution in [0, 0.1) is 0 Å². The highest BCUT2D eigenvalue weighted by Gasteiger charge is 2.42. The Bertz CT molecular complexity index is 1320. The molecular weight excluding hydrogens is 554 g/mol. The molecule has 2 saturated heterocycles. The molecule has 2 aromatic rings. The molecule has 2 aromatic carbocycles. The van der Waals surface area contributed by atoms with Crippen molar-refractivity contribution in [1.82, 2.24) is 19.8 Å². The highest BCUT2D eigenvalue weighted by atomic mass is 35.5. The van der Waals surface area contributed by atoms with Crippen LogP contribution in [-0.2, 0) is 43.2 Å². The third kappa shape index (κ3) is 7.60. The van der Waals surface area contributed by atoms with Crippen LogP contribution in [0.25, 0.3) is 0 Å². The summed E-state index contributed by atoms with van der Waals surface area (Å²) in [6.45, 7) is 1.60. The van der Waals surface area contributed by atoms with E-state index in [1.54, 1.807) is 48.5 Å². The number of likely N-dealkylation sites (tertiary alicyclic amines) is 2. The molecule has 2 aliphatic rings. The lowest BCUT2D eigenvalue weighted by Gasteiger charge is -2.33. The van der Waals surface area contributed by atoms with Crippen LogP contribution in [0.3, 0.4) is 0 Å². The molecule has 2 heterocycles. The first kappa shape index (κ1) is 30.0. The fraction of sp³-hybridized carbons (Fsp3) is 0.464. The summed E-state index contributed by atoms with van der Waals surface area (Å²) in [5.74, 6) is -2.06. The topological polar surface area (TPSA) is 142 Å². The number of amides is 3. The number of piperidine rings is 1. The third-order valence-electron chi connectivity index (χ3n) is 7.34. The predicted octanol–water partition coefficient (Wildman–Crippen LogP) is 1.91. The van der Waals surface area contributed by atoms with Crippen LogP contribution in [0.1, 0.15) is 48.8 Å². The predicted molar refractivity (Wildman–Crippen MR) is 152 cm³/mol. The first-order chi connectivity index (χ1) is 19.2. The second-order valence-electron chi connectivity index (χ2n) is 10.2. The van der Waals surface area contributed by atoms with E-state index >= 15 is 0 Å². The summed E-state index contributed by atoms with van der Waals surface area (Å²) in [6, 6.07) is 11.3. The van der Waals surface area contributed by atoms with Gasteiger partial charge < -0.3 is 20.9 Å². The Labute approximate surface area is 240 Å². The maximum Gasteiger partial charge on any atom is 0.251 e. The number of carbonyl (C=O) groups excluding carboxylic acids is 3. The van der Waals surface area contributed by atoms with Gasteiger partial charge in [0.25, 0.3) is 5.91 Å². The normalized spacial score (nSPS) is 18.4. The van der Waals surface area contributed by atoms with Crippen molar-refractivity contribution in [1.29, 1.82) is 0 Å². The van der Waals surface area contributed by atoms with E-state index in [1.807, 2.05) is 0 Å². The van der Waals surface area contributed by atoms with E-state index in [2.05, 4.69) is 10.0 Å². The number of nitrogens with zero attached hydrogens (tertiary/aromatic N) is 2. The first-order valence-corrected chi connectivity index (χ1v) is 15.6. The zero-order valence-corrected chi connectivity index (χ0v) is 23.9. The van der Waals surface area contributed by atoms with E-state index in [0.717, 1.165) is 30.4 Å².